The molecule has 0 bridgehead atoms. The van der Waals surface area contributed by atoms with Crippen molar-refractivity contribution in [3.63, 3.8) is 0 Å². The topological polar surface area (TPSA) is 15.3 Å². The molecular weight excluding hydrogens is 232 g/mol. The maximum absolute atomic E-state index is 3.78. The van der Waals surface area contributed by atoms with Crippen LogP contribution in [-0.2, 0) is 0 Å². The summed E-state index contributed by atoms with van der Waals surface area (Å²) in [6.45, 7) is 9.88. The van der Waals surface area contributed by atoms with Gasteiger partial charge in [-0.1, -0.05) is 26.7 Å². The first-order valence-electron chi connectivity index (χ1n) is 8.73. The molecule has 1 saturated heterocycles. The summed E-state index contributed by atoms with van der Waals surface area (Å²) < 4.78 is 0. The zero-order valence-electron chi connectivity index (χ0n) is 13.2. The summed E-state index contributed by atoms with van der Waals surface area (Å²) in [6, 6.07) is 0.814. The van der Waals surface area contributed by atoms with Crippen LogP contribution in [0.1, 0.15) is 65.2 Å². The SMILES string of the molecule is CCCC1CCN(CCNC2CCC(C)CC2)CC1. The van der Waals surface area contributed by atoms with Crippen molar-refractivity contribution in [2.24, 2.45) is 11.8 Å². The van der Waals surface area contributed by atoms with E-state index < -0.39 is 0 Å². The fourth-order valence-electron chi connectivity index (χ4n) is 3.80. The second kappa shape index (κ2) is 8.26. The molecule has 1 aliphatic heterocycles. The Balaban J connectivity index is 1.52. The Bertz CT molecular complexity index is 225. The van der Waals surface area contributed by atoms with Gasteiger partial charge < -0.3 is 10.2 Å². The van der Waals surface area contributed by atoms with E-state index >= 15 is 0 Å². The molecule has 0 atom stereocenters. The predicted octanol–water partition coefficient (Wildman–Crippen LogP) is 3.67. The van der Waals surface area contributed by atoms with Crippen LogP contribution in [0.4, 0.5) is 0 Å². The summed E-state index contributed by atoms with van der Waals surface area (Å²) >= 11 is 0. The Kier molecular flexibility index (Phi) is 6.66. The van der Waals surface area contributed by atoms with Crippen LogP contribution in [0.15, 0.2) is 0 Å². The summed E-state index contributed by atoms with van der Waals surface area (Å²) in [6.07, 6.45) is 11.4. The molecule has 2 aliphatic rings. The first kappa shape index (κ1) is 15.3. The molecule has 0 amide bonds. The molecule has 0 aromatic heterocycles. The minimum absolute atomic E-state index is 0.814. The Morgan fingerprint density at radius 1 is 1.00 bits per heavy atom. The lowest BCUT2D eigenvalue weighted by atomic mass is 9.87. The van der Waals surface area contributed by atoms with E-state index in [1.165, 1.54) is 77.5 Å². The molecule has 112 valence electrons. The lowest BCUT2D eigenvalue weighted by Gasteiger charge is -2.33. The molecule has 0 aromatic carbocycles. The van der Waals surface area contributed by atoms with Crippen LogP contribution in [0.5, 0.6) is 0 Å². The minimum Gasteiger partial charge on any atom is -0.313 e. The lowest BCUT2D eigenvalue weighted by Crippen LogP contribution is -2.41. The van der Waals surface area contributed by atoms with Crippen molar-refractivity contribution in [1.82, 2.24) is 10.2 Å². The van der Waals surface area contributed by atoms with Gasteiger partial charge in [-0.25, -0.2) is 0 Å². The zero-order chi connectivity index (χ0) is 13.5. The number of likely N-dealkylation sites (tertiary alicyclic amines) is 1. The van der Waals surface area contributed by atoms with Crippen LogP contribution < -0.4 is 5.32 Å². The number of rotatable bonds is 6. The van der Waals surface area contributed by atoms with Crippen LogP contribution in [0, 0.1) is 11.8 Å². The normalized spacial score (nSPS) is 30.6. The molecule has 19 heavy (non-hydrogen) atoms. The van der Waals surface area contributed by atoms with Crippen molar-refractivity contribution in [3.05, 3.63) is 0 Å². The van der Waals surface area contributed by atoms with E-state index in [4.69, 9.17) is 0 Å². The van der Waals surface area contributed by atoms with E-state index in [0.29, 0.717) is 0 Å². The average molecular weight is 266 g/mol. The molecule has 0 spiro atoms. The predicted molar refractivity (Wildman–Crippen MR) is 83.5 cm³/mol. The number of hydrogen-bond donors (Lipinski definition) is 1. The Hall–Kier alpha value is -0.0800. The van der Waals surface area contributed by atoms with Crippen molar-refractivity contribution in [2.45, 2.75) is 71.3 Å². The summed E-state index contributed by atoms with van der Waals surface area (Å²) in [5.74, 6) is 1.99. The van der Waals surface area contributed by atoms with Gasteiger partial charge in [-0.3, -0.25) is 0 Å². The monoisotopic (exact) mass is 266 g/mol. The van der Waals surface area contributed by atoms with Crippen LogP contribution in [0.3, 0.4) is 0 Å². The Morgan fingerprint density at radius 3 is 2.32 bits per heavy atom. The van der Waals surface area contributed by atoms with Crippen molar-refractivity contribution < 1.29 is 0 Å². The van der Waals surface area contributed by atoms with Gasteiger partial charge in [-0.05, 0) is 63.5 Å². The summed E-state index contributed by atoms with van der Waals surface area (Å²) in [4.78, 5) is 2.67. The highest BCUT2D eigenvalue weighted by Gasteiger charge is 2.20. The number of nitrogens with zero attached hydrogens (tertiary/aromatic N) is 1. The molecular formula is C17H34N2. The quantitative estimate of drug-likeness (QED) is 0.789. The Morgan fingerprint density at radius 2 is 1.68 bits per heavy atom. The van der Waals surface area contributed by atoms with Gasteiger partial charge in [-0.2, -0.15) is 0 Å². The van der Waals surface area contributed by atoms with E-state index in [1.807, 2.05) is 0 Å². The van der Waals surface area contributed by atoms with Gasteiger partial charge in [0.1, 0.15) is 0 Å². The van der Waals surface area contributed by atoms with Crippen LogP contribution in [0.25, 0.3) is 0 Å². The van der Waals surface area contributed by atoms with Gasteiger partial charge in [-0.15, -0.1) is 0 Å². The summed E-state index contributed by atoms with van der Waals surface area (Å²) in [5.41, 5.74) is 0. The van der Waals surface area contributed by atoms with Crippen molar-refractivity contribution in [3.8, 4) is 0 Å². The number of hydrogen-bond acceptors (Lipinski definition) is 2. The maximum atomic E-state index is 3.78. The molecule has 2 nitrogen and oxygen atoms in total. The third-order valence-corrected chi connectivity index (χ3v) is 5.28. The molecule has 2 heteroatoms. The third-order valence-electron chi connectivity index (χ3n) is 5.28. The zero-order valence-corrected chi connectivity index (χ0v) is 13.2. The smallest absolute Gasteiger partial charge is 0.0107 e. The van der Waals surface area contributed by atoms with Gasteiger partial charge in [0.15, 0.2) is 0 Å². The highest BCUT2D eigenvalue weighted by Crippen LogP contribution is 2.23. The number of piperidine rings is 1. The molecule has 2 rings (SSSR count). The van der Waals surface area contributed by atoms with Crippen molar-refractivity contribution >= 4 is 0 Å². The summed E-state index contributed by atoms with van der Waals surface area (Å²) in [7, 11) is 0. The van der Waals surface area contributed by atoms with Crippen molar-refractivity contribution in [1.29, 1.82) is 0 Å². The van der Waals surface area contributed by atoms with E-state index in [-0.39, 0.29) is 0 Å². The molecule has 1 N–H and O–H groups in total. The second-order valence-electron chi connectivity index (χ2n) is 6.98. The van der Waals surface area contributed by atoms with Crippen LogP contribution in [-0.4, -0.2) is 37.1 Å². The van der Waals surface area contributed by atoms with E-state index in [9.17, 15) is 0 Å². The van der Waals surface area contributed by atoms with Gasteiger partial charge >= 0.3 is 0 Å². The van der Waals surface area contributed by atoms with Crippen LogP contribution >= 0.6 is 0 Å². The van der Waals surface area contributed by atoms with E-state index in [0.717, 1.165) is 17.9 Å². The van der Waals surface area contributed by atoms with Gasteiger partial charge in [0.2, 0.25) is 0 Å². The Labute approximate surface area is 120 Å². The highest BCUT2D eigenvalue weighted by molar-refractivity contribution is 4.77. The minimum atomic E-state index is 0.814. The first-order chi connectivity index (χ1) is 9.28. The molecule has 1 saturated carbocycles. The van der Waals surface area contributed by atoms with Crippen LogP contribution in [0.2, 0.25) is 0 Å². The average Bonchev–Trinajstić information content (AvgIpc) is 2.43. The number of nitrogens with one attached hydrogen (secondary N) is 1. The molecule has 0 unspecified atom stereocenters. The second-order valence-corrected chi connectivity index (χ2v) is 6.98. The van der Waals surface area contributed by atoms with E-state index in [1.54, 1.807) is 0 Å². The van der Waals surface area contributed by atoms with E-state index in [2.05, 4.69) is 24.1 Å². The first-order valence-corrected chi connectivity index (χ1v) is 8.73. The largest absolute Gasteiger partial charge is 0.313 e. The third kappa shape index (κ3) is 5.43. The molecule has 2 fully saturated rings. The molecule has 0 aromatic rings. The maximum Gasteiger partial charge on any atom is 0.0107 e. The molecule has 1 heterocycles. The van der Waals surface area contributed by atoms with Gasteiger partial charge in [0, 0.05) is 19.1 Å². The highest BCUT2D eigenvalue weighted by atomic mass is 15.1. The molecule has 0 radical (unpaired) electrons. The lowest BCUT2D eigenvalue weighted by molar-refractivity contribution is 0.175. The van der Waals surface area contributed by atoms with Gasteiger partial charge in [0.25, 0.3) is 0 Å². The van der Waals surface area contributed by atoms with Gasteiger partial charge in [0.05, 0.1) is 0 Å². The fraction of sp³-hybridized carbons (Fsp3) is 1.00. The summed E-state index contributed by atoms with van der Waals surface area (Å²) in [5, 5.41) is 3.78. The fourth-order valence-corrected chi connectivity index (χ4v) is 3.80. The van der Waals surface area contributed by atoms with Crippen molar-refractivity contribution in [2.75, 3.05) is 26.2 Å². The molecule has 1 aliphatic carbocycles. The standard InChI is InChI=1S/C17H34N2/c1-3-4-16-9-12-19(13-10-16)14-11-18-17-7-5-15(2)6-8-17/h15-18H,3-14H2,1-2H3.